The number of hydrogen-bond acceptors (Lipinski definition) is 2. The quantitative estimate of drug-likeness (QED) is 0.672. The van der Waals surface area contributed by atoms with E-state index in [1.54, 1.807) is 0 Å². The minimum absolute atomic E-state index is 0.0945. The molecule has 2 nitrogen and oxygen atoms in total. The second kappa shape index (κ2) is 3.35. The number of hydrogen-bond donors (Lipinski definition) is 1. The Kier molecular flexibility index (Phi) is 2.66. The molecule has 1 N–H and O–H groups in total. The van der Waals surface area contributed by atoms with E-state index in [0.29, 0.717) is 5.78 Å². The fourth-order valence-corrected chi connectivity index (χ4v) is 1.81. The van der Waals surface area contributed by atoms with Gasteiger partial charge < -0.3 is 5.11 Å². The van der Waals surface area contributed by atoms with E-state index >= 15 is 0 Å². The van der Waals surface area contributed by atoms with Crippen molar-refractivity contribution in [1.29, 1.82) is 0 Å². The third-order valence-electron chi connectivity index (χ3n) is 2.69. The van der Waals surface area contributed by atoms with Crippen LogP contribution < -0.4 is 0 Å². The molecule has 0 aromatic heterocycles. The van der Waals surface area contributed by atoms with Crippen LogP contribution in [0.1, 0.15) is 39.0 Å². The monoisotopic (exact) mass is 156 g/mol. The van der Waals surface area contributed by atoms with Gasteiger partial charge in [0, 0.05) is 18.4 Å². The molecule has 0 aliphatic heterocycles. The molecule has 1 aliphatic carbocycles. The Labute approximate surface area is 67.6 Å². The minimum atomic E-state index is -0.0945. The van der Waals surface area contributed by atoms with Crippen LogP contribution in [-0.4, -0.2) is 17.5 Å². The molecule has 0 saturated heterocycles. The molecule has 1 rings (SSSR count). The van der Waals surface area contributed by atoms with E-state index in [4.69, 9.17) is 5.11 Å². The number of Topliss-reactive ketones (excluding diaryl/α,β-unsaturated/α-hetero) is 1. The first-order valence-electron chi connectivity index (χ1n) is 4.33. The van der Waals surface area contributed by atoms with Crippen molar-refractivity contribution in [3.05, 3.63) is 0 Å². The fraction of sp³-hybridized carbons (Fsp3) is 0.889. The predicted octanol–water partition coefficient (Wildman–Crippen LogP) is 1.52. The van der Waals surface area contributed by atoms with Crippen LogP contribution in [0.4, 0.5) is 0 Å². The zero-order valence-electron chi connectivity index (χ0n) is 7.10. The number of carbonyl (C=O) groups excluding carboxylic acids is 1. The molecule has 1 unspecified atom stereocenters. The predicted molar refractivity (Wildman–Crippen MR) is 43.3 cm³/mol. The van der Waals surface area contributed by atoms with E-state index in [-0.39, 0.29) is 12.0 Å². The van der Waals surface area contributed by atoms with Crippen LogP contribution in [0.3, 0.4) is 0 Å². The van der Waals surface area contributed by atoms with Crippen molar-refractivity contribution >= 4 is 5.78 Å². The minimum Gasteiger partial charge on any atom is -0.396 e. The molecule has 64 valence electrons. The van der Waals surface area contributed by atoms with E-state index in [9.17, 15) is 4.79 Å². The molecule has 1 fully saturated rings. The third kappa shape index (κ3) is 1.80. The zero-order chi connectivity index (χ0) is 8.32. The molecule has 1 saturated carbocycles. The average Bonchev–Trinajstić information content (AvgIpc) is 2.30. The van der Waals surface area contributed by atoms with Crippen LogP contribution in [0.5, 0.6) is 0 Å². The Bertz CT molecular complexity index is 154. The lowest BCUT2D eigenvalue weighted by atomic mass is 9.83. The lowest BCUT2D eigenvalue weighted by Crippen LogP contribution is -2.21. The summed E-state index contributed by atoms with van der Waals surface area (Å²) in [7, 11) is 0. The fourth-order valence-electron chi connectivity index (χ4n) is 1.81. The summed E-state index contributed by atoms with van der Waals surface area (Å²) < 4.78 is 0. The summed E-state index contributed by atoms with van der Waals surface area (Å²) in [6, 6.07) is 0. The lowest BCUT2D eigenvalue weighted by molar-refractivity contribution is -0.125. The molecule has 0 bridgehead atoms. The second-order valence-electron chi connectivity index (χ2n) is 3.66. The standard InChI is InChI=1S/C9H16O2/c1-9(6-3-7-10)5-2-4-8(9)11/h10H,2-7H2,1H3. The van der Waals surface area contributed by atoms with E-state index in [2.05, 4.69) is 0 Å². The Morgan fingerprint density at radius 3 is 2.82 bits per heavy atom. The molecule has 0 aromatic rings. The van der Waals surface area contributed by atoms with Crippen molar-refractivity contribution in [1.82, 2.24) is 0 Å². The Morgan fingerprint density at radius 1 is 1.64 bits per heavy atom. The molecule has 1 aliphatic rings. The molecule has 0 radical (unpaired) electrons. The molecular weight excluding hydrogens is 140 g/mol. The summed E-state index contributed by atoms with van der Waals surface area (Å²) in [6.45, 7) is 2.24. The van der Waals surface area contributed by atoms with Crippen LogP contribution in [0.25, 0.3) is 0 Å². The maximum Gasteiger partial charge on any atom is 0.138 e. The summed E-state index contributed by atoms with van der Waals surface area (Å²) >= 11 is 0. The molecule has 11 heavy (non-hydrogen) atoms. The third-order valence-corrected chi connectivity index (χ3v) is 2.69. The summed E-state index contributed by atoms with van der Waals surface area (Å²) in [4.78, 5) is 11.3. The van der Waals surface area contributed by atoms with E-state index < -0.39 is 0 Å². The SMILES string of the molecule is CC1(CCCO)CCCC1=O. The summed E-state index contributed by atoms with van der Waals surface area (Å²) in [5.41, 5.74) is -0.0945. The number of rotatable bonds is 3. The summed E-state index contributed by atoms with van der Waals surface area (Å²) in [6.07, 6.45) is 4.44. The highest BCUT2D eigenvalue weighted by atomic mass is 16.2. The van der Waals surface area contributed by atoms with Gasteiger partial charge in [-0.1, -0.05) is 6.92 Å². The first-order valence-corrected chi connectivity index (χ1v) is 4.33. The van der Waals surface area contributed by atoms with Gasteiger partial charge in [-0.15, -0.1) is 0 Å². The maximum atomic E-state index is 11.3. The highest BCUT2D eigenvalue weighted by molar-refractivity contribution is 5.86. The second-order valence-corrected chi connectivity index (χ2v) is 3.66. The average molecular weight is 156 g/mol. The van der Waals surface area contributed by atoms with Crippen LogP contribution in [0.15, 0.2) is 0 Å². The van der Waals surface area contributed by atoms with Gasteiger partial charge >= 0.3 is 0 Å². The van der Waals surface area contributed by atoms with E-state index in [0.717, 1.165) is 32.1 Å². The Hall–Kier alpha value is -0.370. The zero-order valence-corrected chi connectivity index (χ0v) is 7.10. The van der Waals surface area contributed by atoms with Gasteiger partial charge in [-0.2, -0.15) is 0 Å². The highest BCUT2D eigenvalue weighted by Gasteiger charge is 2.36. The molecular formula is C9H16O2. The molecule has 1 atom stereocenters. The van der Waals surface area contributed by atoms with Crippen molar-refractivity contribution in [2.24, 2.45) is 5.41 Å². The van der Waals surface area contributed by atoms with E-state index in [1.165, 1.54) is 0 Å². The van der Waals surface area contributed by atoms with Crippen LogP contribution >= 0.6 is 0 Å². The van der Waals surface area contributed by atoms with Crippen molar-refractivity contribution < 1.29 is 9.90 Å². The van der Waals surface area contributed by atoms with Gasteiger partial charge in [0.15, 0.2) is 0 Å². The first kappa shape index (κ1) is 8.72. The number of aliphatic hydroxyl groups excluding tert-OH is 1. The topological polar surface area (TPSA) is 37.3 Å². The van der Waals surface area contributed by atoms with Crippen LogP contribution in [0.2, 0.25) is 0 Å². The molecule has 2 heteroatoms. The lowest BCUT2D eigenvalue weighted by Gasteiger charge is -2.20. The van der Waals surface area contributed by atoms with Crippen molar-refractivity contribution in [3.8, 4) is 0 Å². The number of aliphatic hydroxyl groups is 1. The van der Waals surface area contributed by atoms with Crippen molar-refractivity contribution in [2.75, 3.05) is 6.61 Å². The van der Waals surface area contributed by atoms with Gasteiger partial charge in [0.25, 0.3) is 0 Å². The van der Waals surface area contributed by atoms with Crippen molar-refractivity contribution in [3.63, 3.8) is 0 Å². The van der Waals surface area contributed by atoms with Crippen molar-refractivity contribution in [2.45, 2.75) is 39.0 Å². The van der Waals surface area contributed by atoms with E-state index in [1.807, 2.05) is 6.92 Å². The van der Waals surface area contributed by atoms with Gasteiger partial charge in [0.2, 0.25) is 0 Å². The number of carbonyl (C=O) groups is 1. The van der Waals surface area contributed by atoms with Gasteiger partial charge in [-0.3, -0.25) is 4.79 Å². The Morgan fingerprint density at radius 2 is 2.36 bits per heavy atom. The summed E-state index contributed by atoms with van der Waals surface area (Å²) in [5.74, 6) is 0.394. The van der Waals surface area contributed by atoms with Crippen LogP contribution in [0, 0.1) is 5.41 Å². The molecule has 0 amide bonds. The largest absolute Gasteiger partial charge is 0.396 e. The normalized spacial score (nSPS) is 31.3. The van der Waals surface area contributed by atoms with Crippen LogP contribution in [-0.2, 0) is 4.79 Å². The smallest absolute Gasteiger partial charge is 0.138 e. The molecule has 0 aromatic carbocycles. The molecule has 0 spiro atoms. The van der Waals surface area contributed by atoms with Gasteiger partial charge in [-0.05, 0) is 25.7 Å². The first-order chi connectivity index (χ1) is 5.19. The summed E-state index contributed by atoms with van der Waals surface area (Å²) in [5, 5.41) is 8.62. The molecule has 0 heterocycles. The van der Waals surface area contributed by atoms with Gasteiger partial charge in [-0.25, -0.2) is 0 Å². The Balaban J connectivity index is 2.44. The maximum absolute atomic E-state index is 11.3. The highest BCUT2D eigenvalue weighted by Crippen LogP contribution is 2.38. The number of ketones is 1. The van der Waals surface area contributed by atoms with Gasteiger partial charge in [0.05, 0.1) is 0 Å². The van der Waals surface area contributed by atoms with Gasteiger partial charge in [0.1, 0.15) is 5.78 Å².